The largest absolute Gasteiger partial charge is 0.462 e. The van der Waals surface area contributed by atoms with Crippen molar-refractivity contribution < 1.29 is 9.53 Å². The van der Waals surface area contributed by atoms with Gasteiger partial charge in [-0.05, 0) is 32.8 Å². The highest BCUT2D eigenvalue weighted by Gasteiger charge is 2.21. The number of aromatic nitrogens is 1. The number of anilines is 2. The van der Waals surface area contributed by atoms with E-state index in [2.05, 4.69) is 31.1 Å². The van der Waals surface area contributed by atoms with Gasteiger partial charge in [-0.2, -0.15) is 0 Å². The number of carbonyl (C=O) groups is 1. The van der Waals surface area contributed by atoms with E-state index >= 15 is 0 Å². The van der Waals surface area contributed by atoms with E-state index < -0.39 is 5.97 Å². The van der Waals surface area contributed by atoms with Gasteiger partial charge in [-0.15, -0.1) is 0 Å². The monoisotopic (exact) mass is 265 g/mol. The molecule has 0 saturated heterocycles. The molecule has 0 unspecified atom stereocenters. The Morgan fingerprint density at radius 3 is 2.58 bits per heavy atom. The summed E-state index contributed by atoms with van der Waals surface area (Å²) in [4.78, 5) is 16.0. The molecule has 5 heteroatoms. The Morgan fingerprint density at radius 1 is 1.42 bits per heavy atom. The zero-order valence-electron chi connectivity index (χ0n) is 12.1. The van der Waals surface area contributed by atoms with Gasteiger partial charge in [-0.25, -0.2) is 9.78 Å². The summed E-state index contributed by atoms with van der Waals surface area (Å²) in [5, 5.41) is 3.34. The Kier molecular flexibility index (Phi) is 5.15. The Balaban J connectivity index is 2.99. The van der Waals surface area contributed by atoms with E-state index in [-0.39, 0.29) is 5.54 Å². The van der Waals surface area contributed by atoms with E-state index in [1.54, 1.807) is 13.0 Å². The highest BCUT2D eigenvalue weighted by Crippen LogP contribution is 2.23. The Labute approximate surface area is 114 Å². The Hall–Kier alpha value is -1.78. The van der Waals surface area contributed by atoms with Crippen molar-refractivity contribution in [1.82, 2.24) is 4.98 Å². The van der Waals surface area contributed by atoms with Crippen molar-refractivity contribution in [2.45, 2.75) is 46.1 Å². The molecule has 0 aliphatic heterocycles. The van der Waals surface area contributed by atoms with Gasteiger partial charge < -0.3 is 15.8 Å². The molecule has 0 bridgehead atoms. The molecule has 19 heavy (non-hydrogen) atoms. The topological polar surface area (TPSA) is 77.2 Å². The number of hydrogen-bond donors (Lipinski definition) is 2. The average molecular weight is 265 g/mol. The van der Waals surface area contributed by atoms with E-state index in [0.29, 0.717) is 23.7 Å². The van der Waals surface area contributed by atoms with Gasteiger partial charge in [0.25, 0.3) is 0 Å². The van der Waals surface area contributed by atoms with E-state index in [0.717, 1.165) is 12.8 Å². The summed E-state index contributed by atoms with van der Waals surface area (Å²) in [6, 6.07) is 1.65. The summed E-state index contributed by atoms with van der Waals surface area (Å²) in [6.45, 7) is 8.43. The van der Waals surface area contributed by atoms with Crippen LogP contribution in [0, 0.1) is 0 Å². The SMILES string of the molecule is CCOC(=O)c1cc(NC(C)(CC)CC)ncc1N. The van der Waals surface area contributed by atoms with Gasteiger partial charge in [0.05, 0.1) is 24.1 Å². The van der Waals surface area contributed by atoms with Crippen molar-refractivity contribution in [3.05, 3.63) is 17.8 Å². The number of ether oxygens (including phenoxy) is 1. The van der Waals surface area contributed by atoms with Crippen LogP contribution in [0.2, 0.25) is 0 Å². The van der Waals surface area contributed by atoms with E-state index in [4.69, 9.17) is 10.5 Å². The van der Waals surface area contributed by atoms with Crippen molar-refractivity contribution in [2.24, 2.45) is 0 Å². The standard InChI is InChI=1S/C14H23N3O2/c1-5-14(4,6-2)17-12-8-10(11(15)9-16-12)13(18)19-7-3/h8-9H,5-7,15H2,1-4H3,(H,16,17). The first kappa shape index (κ1) is 15.3. The quantitative estimate of drug-likeness (QED) is 0.773. The van der Waals surface area contributed by atoms with Crippen LogP contribution in [0.4, 0.5) is 11.5 Å². The Morgan fingerprint density at radius 2 is 2.05 bits per heavy atom. The number of nitrogens with zero attached hydrogens (tertiary/aromatic N) is 1. The maximum atomic E-state index is 11.8. The number of nitrogen functional groups attached to an aromatic ring is 1. The second-order valence-electron chi connectivity index (χ2n) is 4.77. The molecule has 5 nitrogen and oxygen atoms in total. The molecule has 0 aliphatic rings. The molecule has 3 N–H and O–H groups in total. The van der Waals surface area contributed by atoms with E-state index in [1.807, 2.05) is 0 Å². The number of rotatable bonds is 6. The molecular weight excluding hydrogens is 242 g/mol. The zero-order valence-corrected chi connectivity index (χ0v) is 12.1. The van der Waals surface area contributed by atoms with Crippen LogP contribution in [0.1, 0.15) is 50.9 Å². The molecule has 0 aliphatic carbocycles. The van der Waals surface area contributed by atoms with Crippen LogP contribution in [-0.4, -0.2) is 23.1 Å². The molecule has 0 atom stereocenters. The van der Waals surface area contributed by atoms with Crippen LogP contribution < -0.4 is 11.1 Å². The smallest absolute Gasteiger partial charge is 0.340 e. The van der Waals surface area contributed by atoms with Gasteiger partial charge in [0.15, 0.2) is 0 Å². The predicted octanol–water partition coefficient (Wildman–Crippen LogP) is 2.83. The van der Waals surface area contributed by atoms with Gasteiger partial charge in [-0.1, -0.05) is 13.8 Å². The second kappa shape index (κ2) is 6.41. The fourth-order valence-corrected chi connectivity index (χ4v) is 1.66. The molecular formula is C14H23N3O2. The van der Waals surface area contributed by atoms with Crippen LogP contribution in [0.5, 0.6) is 0 Å². The van der Waals surface area contributed by atoms with Gasteiger partial charge in [0.1, 0.15) is 5.82 Å². The molecule has 0 fully saturated rings. The lowest BCUT2D eigenvalue weighted by molar-refractivity contribution is 0.0527. The van der Waals surface area contributed by atoms with Crippen LogP contribution in [0.15, 0.2) is 12.3 Å². The first-order valence-corrected chi connectivity index (χ1v) is 6.66. The molecule has 0 spiro atoms. The zero-order chi connectivity index (χ0) is 14.5. The van der Waals surface area contributed by atoms with Crippen molar-refractivity contribution in [3.8, 4) is 0 Å². The third kappa shape index (κ3) is 3.84. The third-order valence-corrected chi connectivity index (χ3v) is 3.42. The first-order chi connectivity index (χ1) is 8.95. The maximum Gasteiger partial charge on any atom is 0.340 e. The summed E-state index contributed by atoms with van der Waals surface area (Å²) in [5.74, 6) is 0.226. The Bertz CT molecular complexity index is 442. The summed E-state index contributed by atoms with van der Waals surface area (Å²) >= 11 is 0. The summed E-state index contributed by atoms with van der Waals surface area (Å²) in [5.41, 5.74) is 6.40. The lowest BCUT2D eigenvalue weighted by Gasteiger charge is -2.29. The van der Waals surface area contributed by atoms with Crippen LogP contribution >= 0.6 is 0 Å². The van der Waals surface area contributed by atoms with Gasteiger partial charge in [-0.3, -0.25) is 0 Å². The molecule has 1 aromatic heterocycles. The van der Waals surface area contributed by atoms with Crippen LogP contribution in [-0.2, 0) is 4.74 Å². The average Bonchev–Trinajstić information content (AvgIpc) is 2.41. The number of nitrogens with two attached hydrogens (primary N) is 1. The highest BCUT2D eigenvalue weighted by atomic mass is 16.5. The number of pyridine rings is 1. The number of nitrogens with one attached hydrogen (secondary N) is 1. The lowest BCUT2D eigenvalue weighted by atomic mass is 9.95. The summed E-state index contributed by atoms with van der Waals surface area (Å²) in [7, 11) is 0. The molecule has 1 heterocycles. The minimum absolute atomic E-state index is 0.0466. The van der Waals surface area contributed by atoms with Crippen molar-refractivity contribution in [3.63, 3.8) is 0 Å². The summed E-state index contributed by atoms with van der Waals surface area (Å²) in [6.07, 6.45) is 3.41. The number of carbonyl (C=O) groups excluding carboxylic acids is 1. The second-order valence-corrected chi connectivity index (χ2v) is 4.77. The normalized spacial score (nSPS) is 11.2. The molecule has 0 amide bonds. The van der Waals surface area contributed by atoms with Crippen molar-refractivity contribution >= 4 is 17.5 Å². The lowest BCUT2D eigenvalue weighted by Crippen LogP contribution is -2.33. The highest BCUT2D eigenvalue weighted by molar-refractivity contribution is 5.95. The number of hydrogen-bond acceptors (Lipinski definition) is 5. The molecule has 0 aromatic carbocycles. The van der Waals surface area contributed by atoms with Crippen LogP contribution in [0.25, 0.3) is 0 Å². The minimum Gasteiger partial charge on any atom is -0.462 e. The van der Waals surface area contributed by atoms with Gasteiger partial charge >= 0.3 is 5.97 Å². The molecule has 1 rings (SSSR count). The molecule has 1 aromatic rings. The van der Waals surface area contributed by atoms with Crippen LogP contribution in [0.3, 0.4) is 0 Å². The van der Waals surface area contributed by atoms with Crippen molar-refractivity contribution in [1.29, 1.82) is 0 Å². The maximum absolute atomic E-state index is 11.8. The van der Waals surface area contributed by atoms with Gasteiger partial charge in [0.2, 0.25) is 0 Å². The fraction of sp³-hybridized carbons (Fsp3) is 0.571. The van der Waals surface area contributed by atoms with E-state index in [1.165, 1.54) is 6.20 Å². The fourth-order valence-electron chi connectivity index (χ4n) is 1.66. The van der Waals surface area contributed by atoms with Crippen molar-refractivity contribution in [2.75, 3.05) is 17.7 Å². The predicted molar refractivity (Wildman–Crippen MR) is 77.2 cm³/mol. The molecule has 0 saturated carbocycles. The number of esters is 1. The van der Waals surface area contributed by atoms with Gasteiger partial charge in [0, 0.05) is 5.54 Å². The third-order valence-electron chi connectivity index (χ3n) is 3.42. The van der Waals surface area contributed by atoms with E-state index in [9.17, 15) is 4.79 Å². The minimum atomic E-state index is -0.417. The first-order valence-electron chi connectivity index (χ1n) is 6.66. The molecule has 0 radical (unpaired) electrons. The molecule has 106 valence electrons. The summed E-state index contributed by atoms with van der Waals surface area (Å²) < 4.78 is 4.97.